The van der Waals surface area contributed by atoms with Gasteiger partial charge in [0.15, 0.2) is 0 Å². The Labute approximate surface area is 164 Å². The highest BCUT2D eigenvalue weighted by molar-refractivity contribution is 5.91. The van der Waals surface area contributed by atoms with Crippen LogP contribution in [0.1, 0.15) is 18.7 Å². The van der Waals surface area contributed by atoms with Crippen molar-refractivity contribution in [1.29, 1.82) is 0 Å². The number of anilines is 1. The Kier molecular flexibility index (Phi) is 6.12. The van der Waals surface area contributed by atoms with Crippen molar-refractivity contribution in [2.75, 3.05) is 12.4 Å². The van der Waals surface area contributed by atoms with Gasteiger partial charge in [-0.1, -0.05) is 5.16 Å². The predicted molar refractivity (Wildman–Crippen MR) is 101 cm³/mol. The Morgan fingerprint density at radius 2 is 2.03 bits per heavy atom. The molecule has 1 amide bonds. The molecule has 2 aromatic carbocycles. The summed E-state index contributed by atoms with van der Waals surface area (Å²) in [5, 5.41) is 17.0. The molecule has 0 unspecified atom stereocenters. The average Bonchev–Trinajstić information content (AvgIpc) is 3.18. The van der Waals surface area contributed by atoms with Gasteiger partial charge in [0.05, 0.1) is 17.7 Å². The molecule has 1 N–H and O–H groups in total. The summed E-state index contributed by atoms with van der Waals surface area (Å²) in [4.78, 5) is 26.4. The van der Waals surface area contributed by atoms with Crippen molar-refractivity contribution >= 4 is 17.3 Å². The molecule has 3 rings (SSSR count). The number of rotatable bonds is 8. The first-order chi connectivity index (χ1) is 14.0. The molecule has 0 atom stereocenters. The normalized spacial score (nSPS) is 10.6. The number of hydrogen-bond donors (Lipinski definition) is 1. The van der Waals surface area contributed by atoms with Crippen molar-refractivity contribution in [2.24, 2.45) is 0 Å². The third-order valence-electron chi connectivity index (χ3n) is 4.05. The highest BCUT2D eigenvalue weighted by Crippen LogP contribution is 2.22. The van der Waals surface area contributed by atoms with Gasteiger partial charge >= 0.3 is 0 Å². The van der Waals surface area contributed by atoms with Gasteiger partial charge in [-0.2, -0.15) is 4.98 Å². The minimum atomic E-state index is -0.745. The van der Waals surface area contributed by atoms with Crippen LogP contribution in [0, 0.1) is 15.9 Å². The van der Waals surface area contributed by atoms with Crippen LogP contribution in [0.5, 0.6) is 5.75 Å². The molecule has 0 spiro atoms. The second kappa shape index (κ2) is 8.91. The molecule has 0 saturated heterocycles. The summed E-state index contributed by atoms with van der Waals surface area (Å²) in [6.07, 6.45) is 0.795. The van der Waals surface area contributed by atoms with E-state index in [0.29, 0.717) is 30.3 Å². The number of amides is 1. The number of nitro benzene ring substituents is 1. The predicted octanol–water partition coefficient (Wildman–Crippen LogP) is 3.75. The van der Waals surface area contributed by atoms with Gasteiger partial charge in [0.25, 0.3) is 5.69 Å². The van der Waals surface area contributed by atoms with Crippen molar-refractivity contribution in [2.45, 2.75) is 19.3 Å². The zero-order valence-electron chi connectivity index (χ0n) is 15.4. The lowest BCUT2D eigenvalue weighted by Gasteiger charge is -2.05. The van der Waals surface area contributed by atoms with Gasteiger partial charge in [-0.05, 0) is 36.8 Å². The Balaban J connectivity index is 1.52. The highest BCUT2D eigenvalue weighted by atomic mass is 19.1. The number of benzene rings is 2. The molecule has 10 heteroatoms. The fourth-order valence-electron chi connectivity index (χ4n) is 2.55. The van der Waals surface area contributed by atoms with E-state index in [4.69, 9.17) is 9.26 Å². The van der Waals surface area contributed by atoms with Crippen LogP contribution in [-0.2, 0) is 11.2 Å². The molecule has 150 valence electrons. The van der Waals surface area contributed by atoms with E-state index in [1.165, 1.54) is 0 Å². The topological polar surface area (TPSA) is 120 Å². The van der Waals surface area contributed by atoms with Crippen LogP contribution in [0.25, 0.3) is 11.4 Å². The summed E-state index contributed by atoms with van der Waals surface area (Å²) in [6.45, 7) is 0. The van der Waals surface area contributed by atoms with Crippen LogP contribution >= 0.6 is 0 Å². The van der Waals surface area contributed by atoms with Gasteiger partial charge in [-0.3, -0.25) is 14.9 Å². The SMILES string of the molecule is COc1ccc(-c2noc(CCCC(=O)Nc3cc([N+](=O)[O-])ccc3F)n2)cc1. The molecule has 0 radical (unpaired) electrons. The quantitative estimate of drug-likeness (QED) is 0.451. The van der Waals surface area contributed by atoms with E-state index in [9.17, 15) is 19.3 Å². The van der Waals surface area contributed by atoms with E-state index in [0.717, 1.165) is 23.8 Å². The average molecular weight is 400 g/mol. The number of nitrogens with zero attached hydrogens (tertiary/aromatic N) is 3. The van der Waals surface area contributed by atoms with Gasteiger partial charge in [-0.25, -0.2) is 4.39 Å². The first kappa shape index (κ1) is 19.9. The molecule has 0 aliphatic heterocycles. The van der Waals surface area contributed by atoms with Gasteiger partial charge in [0, 0.05) is 30.5 Å². The third-order valence-corrected chi connectivity index (χ3v) is 4.05. The molecule has 3 aromatic rings. The lowest BCUT2D eigenvalue weighted by Crippen LogP contribution is -2.13. The highest BCUT2D eigenvalue weighted by Gasteiger charge is 2.14. The van der Waals surface area contributed by atoms with Crippen molar-refractivity contribution in [3.8, 4) is 17.1 Å². The first-order valence-electron chi connectivity index (χ1n) is 8.67. The maximum absolute atomic E-state index is 13.7. The van der Waals surface area contributed by atoms with Gasteiger partial charge in [0.2, 0.25) is 17.6 Å². The van der Waals surface area contributed by atoms with Crippen LogP contribution in [0.15, 0.2) is 47.0 Å². The molecule has 0 fully saturated rings. The van der Waals surface area contributed by atoms with E-state index in [1.807, 2.05) is 0 Å². The molecule has 0 aliphatic rings. The number of methoxy groups -OCH3 is 1. The summed E-state index contributed by atoms with van der Waals surface area (Å²) < 4.78 is 24.0. The number of carbonyl (C=O) groups is 1. The summed E-state index contributed by atoms with van der Waals surface area (Å²) in [7, 11) is 1.57. The van der Waals surface area contributed by atoms with E-state index in [-0.39, 0.29) is 17.8 Å². The lowest BCUT2D eigenvalue weighted by molar-refractivity contribution is -0.384. The summed E-state index contributed by atoms with van der Waals surface area (Å²) >= 11 is 0. The number of carbonyl (C=O) groups excluding carboxylic acids is 1. The molecule has 9 nitrogen and oxygen atoms in total. The van der Waals surface area contributed by atoms with Gasteiger partial charge < -0.3 is 14.6 Å². The van der Waals surface area contributed by atoms with Crippen LogP contribution in [0.4, 0.5) is 15.8 Å². The summed E-state index contributed by atoms with van der Waals surface area (Å²) in [6, 6.07) is 10.1. The van der Waals surface area contributed by atoms with Crippen molar-refractivity contribution in [3.05, 3.63) is 64.3 Å². The van der Waals surface area contributed by atoms with Crippen molar-refractivity contribution < 1.29 is 23.4 Å². The van der Waals surface area contributed by atoms with E-state index in [2.05, 4.69) is 15.5 Å². The Morgan fingerprint density at radius 1 is 1.28 bits per heavy atom. The first-order valence-corrected chi connectivity index (χ1v) is 8.67. The Bertz CT molecular complexity index is 1020. The molecular formula is C19H17FN4O5. The molecule has 0 saturated carbocycles. The number of aromatic nitrogens is 2. The fraction of sp³-hybridized carbons (Fsp3) is 0.211. The largest absolute Gasteiger partial charge is 0.497 e. The lowest BCUT2D eigenvalue weighted by atomic mass is 10.2. The molecule has 0 aliphatic carbocycles. The number of halogens is 1. The molecular weight excluding hydrogens is 383 g/mol. The molecule has 1 aromatic heterocycles. The minimum Gasteiger partial charge on any atom is -0.497 e. The summed E-state index contributed by atoms with van der Waals surface area (Å²) in [5.41, 5.74) is 0.224. The number of ether oxygens (including phenoxy) is 1. The fourth-order valence-corrected chi connectivity index (χ4v) is 2.55. The zero-order valence-corrected chi connectivity index (χ0v) is 15.4. The Morgan fingerprint density at radius 3 is 2.72 bits per heavy atom. The van der Waals surface area contributed by atoms with E-state index >= 15 is 0 Å². The van der Waals surface area contributed by atoms with Gasteiger partial charge in [-0.15, -0.1) is 0 Å². The van der Waals surface area contributed by atoms with E-state index < -0.39 is 16.6 Å². The number of aryl methyl sites for hydroxylation is 1. The van der Waals surface area contributed by atoms with Crippen molar-refractivity contribution in [3.63, 3.8) is 0 Å². The third kappa shape index (κ3) is 5.12. The van der Waals surface area contributed by atoms with E-state index in [1.54, 1.807) is 31.4 Å². The minimum absolute atomic E-state index is 0.0579. The second-order valence-electron chi connectivity index (χ2n) is 6.06. The smallest absolute Gasteiger partial charge is 0.271 e. The number of nitrogens with one attached hydrogen (secondary N) is 1. The second-order valence-corrected chi connectivity index (χ2v) is 6.06. The van der Waals surface area contributed by atoms with Crippen LogP contribution in [-0.4, -0.2) is 28.1 Å². The summed E-state index contributed by atoms with van der Waals surface area (Å²) in [5.74, 6) is 0.281. The number of nitro groups is 1. The Hall–Kier alpha value is -3.82. The van der Waals surface area contributed by atoms with Crippen LogP contribution < -0.4 is 10.1 Å². The number of non-ortho nitro benzene ring substituents is 1. The zero-order chi connectivity index (χ0) is 20.8. The number of hydrogen-bond acceptors (Lipinski definition) is 7. The molecule has 1 heterocycles. The van der Waals surface area contributed by atoms with Crippen LogP contribution in [0.3, 0.4) is 0 Å². The maximum Gasteiger partial charge on any atom is 0.271 e. The molecule has 29 heavy (non-hydrogen) atoms. The monoisotopic (exact) mass is 400 g/mol. The van der Waals surface area contributed by atoms with Crippen LogP contribution in [0.2, 0.25) is 0 Å². The maximum atomic E-state index is 13.7. The standard InChI is InChI=1S/C19H17FN4O5/c1-28-14-8-5-12(6-9-14)19-22-18(29-23-19)4-2-3-17(25)21-16-11-13(24(26)27)7-10-15(16)20/h5-11H,2-4H2,1H3,(H,21,25). The van der Waals surface area contributed by atoms with Gasteiger partial charge in [0.1, 0.15) is 11.6 Å². The van der Waals surface area contributed by atoms with Crippen molar-refractivity contribution in [1.82, 2.24) is 10.1 Å². The molecule has 0 bridgehead atoms.